The lowest BCUT2D eigenvalue weighted by Crippen LogP contribution is -2.51. The number of esters is 1. The second-order valence-electron chi connectivity index (χ2n) is 11.0. The van der Waals surface area contributed by atoms with E-state index in [1.807, 2.05) is 31.2 Å². The summed E-state index contributed by atoms with van der Waals surface area (Å²) in [5.74, 6) is 1.89. The number of carbonyl (C=O) groups is 3. The molecule has 0 saturated heterocycles. The molecule has 4 saturated carbocycles. The molecule has 1 aromatic carbocycles. The molecule has 0 aromatic heterocycles. The van der Waals surface area contributed by atoms with Gasteiger partial charge in [0.2, 0.25) is 5.91 Å². The normalized spacial score (nSPS) is 31.4. The number of hydrogen-bond acceptors (Lipinski definition) is 4. The molecule has 1 atom stereocenters. The number of amides is 3. The maximum Gasteiger partial charge on any atom is 0.338 e. The van der Waals surface area contributed by atoms with E-state index in [-0.39, 0.29) is 24.0 Å². The molecule has 7 heteroatoms. The van der Waals surface area contributed by atoms with Crippen LogP contribution in [-0.4, -0.2) is 36.0 Å². The van der Waals surface area contributed by atoms with Gasteiger partial charge in [0.05, 0.1) is 23.6 Å². The van der Waals surface area contributed by atoms with E-state index in [2.05, 4.69) is 10.6 Å². The van der Waals surface area contributed by atoms with Gasteiger partial charge in [-0.1, -0.05) is 19.1 Å². The van der Waals surface area contributed by atoms with Crippen LogP contribution in [-0.2, 0) is 14.3 Å². The van der Waals surface area contributed by atoms with E-state index < -0.39 is 12.0 Å². The minimum atomic E-state index is -0.595. The highest BCUT2D eigenvalue weighted by molar-refractivity contribution is 5.96. The summed E-state index contributed by atoms with van der Waals surface area (Å²) in [6, 6.07) is 6.68. The third-order valence-corrected chi connectivity index (χ3v) is 8.56. The molecule has 4 fully saturated rings. The maximum absolute atomic E-state index is 13.4. The molecular weight excluding hydrogens is 442 g/mol. The highest BCUT2D eigenvalue weighted by atomic mass is 16.5. The molecule has 1 aromatic rings. The van der Waals surface area contributed by atoms with E-state index in [4.69, 9.17) is 4.74 Å². The summed E-state index contributed by atoms with van der Waals surface area (Å²) in [5, 5.41) is 6.16. The molecule has 0 spiro atoms. The second-order valence-corrected chi connectivity index (χ2v) is 11.0. The number of allylic oxidation sites excluding steroid dienone is 1. The zero-order valence-electron chi connectivity index (χ0n) is 21.1. The molecule has 7 nitrogen and oxygen atoms in total. The molecule has 0 radical (unpaired) electrons. The monoisotopic (exact) mass is 479 g/mol. The molecule has 1 heterocycles. The average Bonchev–Trinajstić information content (AvgIpc) is 2.81. The lowest BCUT2D eigenvalue weighted by Gasteiger charge is -2.55. The van der Waals surface area contributed by atoms with Crippen LogP contribution in [0.3, 0.4) is 0 Å². The number of hydrogen-bond donors (Lipinski definition) is 2. The summed E-state index contributed by atoms with van der Waals surface area (Å²) in [5.41, 5.74) is 2.40. The van der Waals surface area contributed by atoms with Crippen molar-refractivity contribution in [1.82, 2.24) is 10.2 Å². The molecule has 0 unspecified atom stereocenters. The Morgan fingerprint density at radius 3 is 2.20 bits per heavy atom. The van der Waals surface area contributed by atoms with Crippen molar-refractivity contribution in [3.63, 3.8) is 0 Å². The average molecular weight is 480 g/mol. The molecule has 2 N–H and O–H groups in total. The van der Waals surface area contributed by atoms with Crippen LogP contribution in [0.2, 0.25) is 0 Å². The Hall–Kier alpha value is -2.83. The predicted molar refractivity (Wildman–Crippen MR) is 133 cm³/mol. The number of nitrogens with one attached hydrogen (secondary N) is 2. The zero-order valence-corrected chi connectivity index (χ0v) is 21.1. The number of benzene rings is 1. The van der Waals surface area contributed by atoms with Gasteiger partial charge >= 0.3 is 12.0 Å². The Morgan fingerprint density at radius 1 is 1.06 bits per heavy atom. The largest absolute Gasteiger partial charge is 0.463 e. The van der Waals surface area contributed by atoms with Crippen molar-refractivity contribution in [1.29, 1.82) is 0 Å². The quantitative estimate of drug-likeness (QED) is 0.529. The SMILES string of the molecule is CCCN1C(=O)N[C@H](c2ccc(NC(=O)C34CC5CC(CC(C5)C3)C4)cc2)C(C(=O)OCC)=C1C. The molecular formula is C28H37N3O4. The van der Waals surface area contributed by atoms with Crippen LogP contribution in [0.1, 0.15) is 77.3 Å². The van der Waals surface area contributed by atoms with Crippen LogP contribution in [0.4, 0.5) is 10.5 Å². The van der Waals surface area contributed by atoms with Gasteiger partial charge in [0.15, 0.2) is 0 Å². The zero-order chi connectivity index (χ0) is 24.7. The summed E-state index contributed by atoms with van der Waals surface area (Å²) in [6.45, 7) is 6.36. The van der Waals surface area contributed by atoms with Gasteiger partial charge in [-0.3, -0.25) is 9.69 Å². The van der Waals surface area contributed by atoms with Crippen molar-refractivity contribution in [3.05, 3.63) is 41.1 Å². The summed E-state index contributed by atoms with van der Waals surface area (Å²) in [7, 11) is 0. The first kappa shape index (κ1) is 23.9. The third-order valence-electron chi connectivity index (χ3n) is 8.56. The lowest BCUT2D eigenvalue weighted by molar-refractivity contribution is -0.140. The second kappa shape index (κ2) is 9.32. The first-order chi connectivity index (χ1) is 16.8. The first-order valence-corrected chi connectivity index (χ1v) is 13.2. The Labute approximate surface area is 207 Å². The molecule has 4 aliphatic carbocycles. The molecule has 188 valence electrons. The van der Waals surface area contributed by atoms with Gasteiger partial charge < -0.3 is 15.4 Å². The van der Waals surface area contributed by atoms with Crippen molar-refractivity contribution in [2.75, 3.05) is 18.5 Å². The van der Waals surface area contributed by atoms with E-state index in [9.17, 15) is 14.4 Å². The van der Waals surface area contributed by atoms with E-state index in [1.54, 1.807) is 18.7 Å². The van der Waals surface area contributed by atoms with E-state index in [0.717, 1.165) is 36.9 Å². The first-order valence-electron chi connectivity index (χ1n) is 13.2. The number of nitrogens with zero attached hydrogens (tertiary/aromatic N) is 1. The molecule has 1 aliphatic heterocycles. The minimum absolute atomic E-state index is 0.161. The standard InChI is InChI=1S/C28H37N3O4/c1-4-10-31-17(3)23(25(32)35-5-2)24(30-27(31)34)21-6-8-22(9-7-21)29-26(33)28-14-18-11-19(15-28)13-20(12-18)16-28/h6-9,18-20,24H,4-5,10-16H2,1-3H3,(H,29,33)(H,30,34)/t18?,19?,20?,24-,28?/m1/s1. The topological polar surface area (TPSA) is 87.7 Å². The van der Waals surface area contributed by atoms with Crippen molar-refractivity contribution in [2.24, 2.45) is 23.2 Å². The highest BCUT2D eigenvalue weighted by Gasteiger charge is 2.54. The van der Waals surface area contributed by atoms with Crippen molar-refractivity contribution in [3.8, 4) is 0 Å². The van der Waals surface area contributed by atoms with E-state index in [0.29, 0.717) is 35.6 Å². The molecule has 6 rings (SSSR count). The number of ether oxygens (including phenoxy) is 1. The Kier molecular flexibility index (Phi) is 6.36. The summed E-state index contributed by atoms with van der Waals surface area (Å²) >= 11 is 0. The van der Waals surface area contributed by atoms with Gasteiger partial charge in [0.1, 0.15) is 0 Å². The van der Waals surface area contributed by atoms with Crippen molar-refractivity contribution >= 4 is 23.6 Å². The van der Waals surface area contributed by atoms with E-state index >= 15 is 0 Å². The minimum Gasteiger partial charge on any atom is -0.463 e. The Balaban J connectivity index is 1.35. The fraction of sp³-hybridized carbons (Fsp3) is 0.607. The third kappa shape index (κ3) is 4.34. The highest BCUT2D eigenvalue weighted by Crippen LogP contribution is 2.60. The Morgan fingerprint density at radius 2 is 1.66 bits per heavy atom. The van der Waals surface area contributed by atoms with Crippen molar-refractivity contribution in [2.45, 2.75) is 71.8 Å². The fourth-order valence-corrected chi connectivity index (χ4v) is 7.41. The van der Waals surface area contributed by atoms with Crippen molar-refractivity contribution < 1.29 is 19.1 Å². The van der Waals surface area contributed by atoms with Crippen LogP contribution in [0, 0.1) is 23.2 Å². The van der Waals surface area contributed by atoms with Crippen LogP contribution >= 0.6 is 0 Å². The van der Waals surface area contributed by atoms with Gasteiger partial charge in [-0.25, -0.2) is 9.59 Å². The molecule has 4 bridgehead atoms. The van der Waals surface area contributed by atoms with Gasteiger partial charge in [-0.05, 0) is 94.2 Å². The van der Waals surface area contributed by atoms with Gasteiger partial charge in [-0.2, -0.15) is 0 Å². The number of urea groups is 1. The number of rotatable bonds is 7. The van der Waals surface area contributed by atoms with Gasteiger partial charge in [-0.15, -0.1) is 0 Å². The summed E-state index contributed by atoms with van der Waals surface area (Å²) in [6.07, 6.45) is 7.78. The smallest absolute Gasteiger partial charge is 0.338 e. The lowest BCUT2D eigenvalue weighted by atomic mass is 9.49. The van der Waals surface area contributed by atoms with Crippen LogP contribution < -0.4 is 10.6 Å². The Bertz CT molecular complexity index is 1010. The van der Waals surface area contributed by atoms with Gasteiger partial charge in [0, 0.05) is 17.9 Å². The molecule has 3 amide bonds. The van der Waals surface area contributed by atoms with Crippen LogP contribution in [0.25, 0.3) is 0 Å². The number of carbonyl (C=O) groups excluding carboxylic acids is 3. The molecule has 35 heavy (non-hydrogen) atoms. The van der Waals surface area contributed by atoms with E-state index in [1.165, 1.54) is 19.3 Å². The number of anilines is 1. The fourth-order valence-electron chi connectivity index (χ4n) is 7.41. The summed E-state index contributed by atoms with van der Waals surface area (Å²) < 4.78 is 5.33. The predicted octanol–water partition coefficient (Wildman–Crippen LogP) is 5.15. The summed E-state index contributed by atoms with van der Waals surface area (Å²) in [4.78, 5) is 40.7. The van der Waals surface area contributed by atoms with Gasteiger partial charge in [0.25, 0.3) is 0 Å². The molecule has 5 aliphatic rings. The maximum atomic E-state index is 13.4. The van der Waals surface area contributed by atoms with Crippen LogP contribution in [0.5, 0.6) is 0 Å². The van der Waals surface area contributed by atoms with Crippen LogP contribution in [0.15, 0.2) is 35.5 Å².